The van der Waals surface area contributed by atoms with E-state index in [1.54, 1.807) is 40.1 Å². The van der Waals surface area contributed by atoms with Crippen LogP contribution in [0.15, 0.2) is 48.5 Å². The van der Waals surface area contributed by atoms with Crippen LogP contribution in [-0.4, -0.2) is 16.6 Å². The summed E-state index contributed by atoms with van der Waals surface area (Å²) >= 11 is 9.11. The summed E-state index contributed by atoms with van der Waals surface area (Å²) in [5.41, 5.74) is 2.60. The molecule has 3 aromatic rings. The van der Waals surface area contributed by atoms with Gasteiger partial charge in [0.05, 0.1) is 16.3 Å². The zero-order valence-electron chi connectivity index (χ0n) is 13.8. The van der Waals surface area contributed by atoms with Gasteiger partial charge < -0.3 is 0 Å². The van der Waals surface area contributed by atoms with Gasteiger partial charge >= 0.3 is 0 Å². The number of carbonyl (C=O) groups excluding carboxylic acids is 1. The van der Waals surface area contributed by atoms with Crippen LogP contribution in [0.3, 0.4) is 0 Å². The van der Waals surface area contributed by atoms with Crippen LogP contribution >= 0.6 is 34.7 Å². The predicted octanol–water partition coefficient (Wildman–Crippen LogP) is 5.69. The van der Waals surface area contributed by atoms with E-state index < -0.39 is 0 Å². The second-order valence-electron chi connectivity index (χ2n) is 5.88. The first-order chi connectivity index (χ1) is 12.5. The van der Waals surface area contributed by atoms with Gasteiger partial charge in [-0.15, -0.1) is 23.1 Å². The van der Waals surface area contributed by atoms with Gasteiger partial charge in [-0.25, -0.2) is 9.37 Å². The Morgan fingerprint density at radius 1 is 1.15 bits per heavy atom. The van der Waals surface area contributed by atoms with E-state index in [0.717, 1.165) is 21.1 Å². The van der Waals surface area contributed by atoms with Gasteiger partial charge in [0.1, 0.15) is 16.2 Å². The maximum absolute atomic E-state index is 13.2. The Hall–Kier alpha value is -1.89. The first-order valence-corrected chi connectivity index (χ1v) is 10.2. The van der Waals surface area contributed by atoms with Gasteiger partial charge in [0, 0.05) is 16.3 Å². The Balaban J connectivity index is 1.71. The van der Waals surface area contributed by atoms with E-state index in [0.29, 0.717) is 16.5 Å². The second kappa shape index (κ2) is 7.02. The lowest BCUT2D eigenvalue weighted by molar-refractivity contribution is -0.115. The van der Waals surface area contributed by atoms with Crippen LogP contribution in [0.1, 0.15) is 15.9 Å². The number of thioether (sulfide) groups is 1. The van der Waals surface area contributed by atoms with Crippen molar-refractivity contribution in [2.45, 2.75) is 12.3 Å². The summed E-state index contributed by atoms with van der Waals surface area (Å²) in [6.07, 6.45) is 0. The SMILES string of the molecule is Cc1nc(-c2ccc(Cl)cc2)sc1C1SCC(=O)N1c1ccc(F)cc1. The smallest absolute Gasteiger partial charge is 0.238 e. The number of thiazole rings is 1. The normalized spacial score (nSPS) is 17.1. The van der Waals surface area contributed by atoms with E-state index in [-0.39, 0.29) is 17.1 Å². The van der Waals surface area contributed by atoms with Crippen molar-refractivity contribution in [1.82, 2.24) is 4.98 Å². The quantitative estimate of drug-likeness (QED) is 0.562. The van der Waals surface area contributed by atoms with Gasteiger partial charge in [-0.3, -0.25) is 9.69 Å². The van der Waals surface area contributed by atoms with Crippen molar-refractivity contribution in [3.63, 3.8) is 0 Å². The monoisotopic (exact) mass is 404 g/mol. The highest BCUT2D eigenvalue weighted by Crippen LogP contribution is 2.46. The predicted molar refractivity (Wildman–Crippen MR) is 106 cm³/mol. The zero-order chi connectivity index (χ0) is 18.3. The Morgan fingerprint density at radius 2 is 1.85 bits per heavy atom. The van der Waals surface area contributed by atoms with Gasteiger partial charge in [0.15, 0.2) is 0 Å². The lowest BCUT2D eigenvalue weighted by atomic mass is 10.2. The molecule has 0 bridgehead atoms. The topological polar surface area (TPSA) is 33.2 Å². The molecule has 26 heavy (non-hydrogen) atoms. The first-order valence-electron chi connectivity index (χ1n) is 7.95. The molecule has 0 saturated carbocycles. The average Bonchev–Trinajstić information content (AvgIpc) is 3.19. The average molecular weight is 405 g/mol. The number of aryl methyl sites for hydroxylation is 1. The molecule has 0 N–H and O–H groups in total. The fourth-order valence-corrected chi connectivity index (χ4v) is 5.52. The lowest BCUT2D eigenvalue weighted by Crippen LogP contribution is -2.27. The van der Waals surface area contributed by atoms with E-state index >= 15 is 0 Å². The molecule has 1 unspecified atom stereocenters. The van der Waals surface area contributed by atoms with Gasteiger partial charge in [0.2, 0.25) is 5.91 Å². The van der Waals surface area contributed by atoms with Crippen LogP contribution in [0.4, 0.5) is 10.1 Å². The van der Waals surface area contributed by atoms with Crippen LogP contribution < -0.4 is 4.90 Å². The van der Waals surface area contributed by atoms with Crippen LogP contribution in [0.2, 0.25) is 5.02 Å². The van der Waals surface area contributed by atoms with Crippen molar-refractivity contribution in [3.05, 3.63) is 69.9 Å². The number of anilines is 1. The molecule has 1 fully saturated rings. The van der Waals surface area contributed by atoms with Gasteiger partial charge in [-0.2, -0.15) is 0 Å². The van der Waals surface area contributed by atoms with Crippen LogP contribution in [0, 0.1) is 12.7 Å². The molecule has 7 heteroatoms. The molecular formula is C19H14ClFN2OS2. The van der Waals surface area contributed by atoms with Crippen LogP contribution in [0.25, 0.3) is 10.6 Å². The molecule has 3 nitrogen and oxygen atoms in total. The van der Waals surface area contributed by atoms with Gasteiger partial charge in [-0.05, 0) is 43.3 Å². The molecule has 1 saturated heterocycles. The molecule has 1 aliphatic heterocycles. The standard InChI is InChI=1S/C19H14ClFN2OS2/c1-11-17(26-18(22-11)12-2-4-13(20)5-3-12)19-23(16(24)10-25-19)15-8-6-14(21)7-9-15/h2-9,19H,10H2,1H3. The van der Waals surface area contributed by atoms with Crippen molar-refractivity contribution in [1.29, 1.82) is 0 Å². The molecule has 2 heterocycles. The fraction of sp³-hybridized carbons (Fsp3) is 0.158. The Kier molecular flexibility index (Phi) is 4.73. The lowest BCUT2D eigenvalue weighted by Gasteiger charge is -2.23. The Labute approximate surface area is 163 Å². The molecule has 0 spiro atoms. The number of benzene rings is 2. The molecule has 4 rings (SSSR count). The fourth-order valence-electron chi connectivity index (χ4n) is 2.85. The molecule has 1 aromatic heterocycles. The maximum atomic E-state index is 13.2. The Morgan fingerprint density at radius 3 is 2.54 bits per heavy atom. The second-order valence-corrected chi connectivity index (χ2v) is 8.41. The highest BCUT2D eigenvalue weighted by Gasteiger charge is 2.36. The molecule has 0 radical (unpaired) electrons. The number of hydrogen-bond acceptors (Lipinski definition) is 4. The summed E-state index contributed by atoms with van der Waals surface area (Å²) < 4.78 is 13.2. The van der Waals surface area contributed by atoms with Gasteiger partial charge in [0.25, 0.3) is 0 Å². The Bertz CT molecular complexity index is 957. The number of rotatable bonds is 3. The largest absolute Gasteiger partial charge is 0.294 e. The van der Waals surface area contributed by atoms with Crippen molar-refractivity contribution in [2.75, 3.05) is 10.7 Å². The third-order valence-electron chi connectivity index (χ3n) is 4.12. The van der Waals surface area contributed by atoms with E-state index in [2.05, 4.69) is 4.98 Å². The molecule has 1 aliphatic rings. The minimum Gasteiger partial charge on any atom is -0.294 e. The zero-order valence-corrected chi connectivity index (χ0v) is 16.2. The highest BCUT2D eigenvalue weighted by atomic mass is 35.5. The minimum atomic E-state index is -0.316. The summed E-state index contributed by atoms with van der Waals surface area (Å²) in [4.78, 5) is 19.9. The van der Waals surface area contributed by atoms with Crippen LogP contribution in [0.5, 0.6) is 0 Å². The number of nitrogens with zero attached hydrogens (tertiary/aromatic N) is 2. The third-order valence-corrected chi connectivity index (χ3v) is 6.96. The number of aromatic nitrogens is 1. The molecule has 0 aliphatic carbocycles. The maximum Gasteiger partial charge on any atom is 0.238 e. The molecule has 2 aromatic carbocycles. The van der Waals surface area contributed by atoms with Crippen molar-refractivity contribution in [2.24, 2.45) is 0 Å². The summed E-state index contributed by atoms with van der Waals surface area (Å²) in [5, 5.41) is 1.43. The van der Waals surface area contributed by atoms with E-state index in [9.17, 15) is 9.18 Å². The third kappa shape index (κ3) is 3.24. The summed E-state index contributed by atoms with van der Waals surface area (Å²) in [6.45, 7) is 1.96. The van der Waals surface area contributed by atoms with Crippen molar-refractivity contribution in [3.8, 4) is 10.6 Å². The molecular weight excluding hydrogens is 391 g/mol. The number of amides is 1. The molecule has 132 valence electrons. The minimum absolute atomic E-state index is 0.0208. The summed E-state index contributed by atoms with van der Waals surface area (Å²) in [6, 6.07) is 13.6. The highest BCUT2D eigenvalue weighted by molar-refractivity contribution is 8.01. The molecule has 1 atom stereocenters. The van der Waals surface area contributed by atoms with Gasteiger partial charge in [-0.1, -0.05) is 23.7 Å². The van der Waals surface area contributed by atoms with E-state index in [4.69, 9.17) is 11.6 Å². The van der Waals surface area contributed by atoms with Crippen LogP contribution in [-0.2, 0) is 4.79 Å². The van der Waals surface area contributed by atoms with E-state index in [1.165, 1.54) is 12.1 Å². The van der Waals surface area contributed by atoms with Crippen molar-refractivity contribution < 1.29 is 9.18 Å². The number of hydrogen-bond donors (Lipinski definition) is 0. The van der Waals surface area contributed by atoms with Crippen molar-refractivity contribution >= 4 is 46.3 Å². The number of halogens is 2. The van der Waals surface area contributed by atoms with E-state index in [1.807, 2.05) is 31.2 Å². The first kappa shape index (κ1) is 17.5. The summed E-state index contributed by atoms with van der Waals surface area (Å²) in [7, 11) is 0. The number of carbonyl (C=O) groups is 1. The molecule has 1 amide bonds. The summed E-state index contributed by atoms with van der Waals surface area (Å²) in [5.74, 6) is 0.103.